The molecule has 76 valence electrons. The summed E-state index contributed by atoms with van der Waals surface area (Å²) >= 11 is 5.87. The van der Waals surface area contributed by atoms with Crippen LogP contribution in [0.5, 0.6) is 0 Å². The standard InChI is InChI=1S/C10H14ClN3/c1-2-8-3-4-12-9-5-7(11)6-13-10(9)14-8/h5-6,8,12H,2-4H2,1H3,(H,13,14). The molecule has 0 radical (unpaired) electrons. The minimum absolute atomic E-state index is 0.512. The van der Waals surface area contributed by atoms with Crippen LogP contribution in [0.1, 0.15) is 19.8 Å². The SMILES string of the molecule is CCC1CCNc2cc(Cl)cnc2N1. The number of pyridine rings is 1. The molecule has 0 spiro atoms. The number of aromatic nitrogens is 1. The zero-order valence-electron chi connectivity index (χ0n) is 8.18. The summed E-state index contributed by atoms with van der Waals surface area (Å²) in [6.07, 6.45) is 3.91. The van der Waals surface area contributed by atoms with Crippen molar-refractivity contribution in [3.05, 3.63) is 17.3 Å². The van der Waals surface area contributed by atoms with Crippen LogP contribution in [0.3, 0.4) is 0 Å². The van der Waals surface area contributed by atoms with Crippen LogP contribution in [0.15, 0.2) is 12.3 Å². The fourth-order valence-corrected chi connectivity index (χ4v) is 1.80. The summed E-state index contributed by atoms with van der Waals surface area (Å²) in [7, 11) is 0. The van der Waals surface area contributed by atoms with E-state index in [1.54, 1.807) is 6.20 Å². The number of nitrogens with zero attached hydrogens (tertiary/aromatic N) is 1. The molecule has 2 heterocycles. The highest BCUT2D eigenvalue weighted by Crippen LogP contribution is 2.26. The number of rotatable bonds is 1. The predicted molar refractivity (Wildman–Crippen MR) is 60.1 cm³/mol. The monoisotopic (exact) mass is 211 g/mol. The summed E-state index contributed by atoms with van der Waals surface area (Å²) in [5.74, 6) is 0.916. The number of nitrogens with one attached hydrogen (secondary N) is 2. The molecule has 1 aromatic rings. The van der Waals surface area contributed by atoms with Gasteiger partial charge < -0.3 is 10.6 Å². The Morgan fingerprint density at radius 2 is 2.50 bits per heavy atom. The molecule has 1 aliphatic rings. The van der Waals surface area contributed by atoms with Gasteiger partial charge in [-0.05, 0) is 18.9 Å². The average Bonchev–Trinajstić information content (AvgIpc) is 2.38. The predicted octanol–water partition coefficient (Wildman–Crippen LogP) is 2.74. The maximum Gasteiger partial charge on any atom is 0.149 e. The van der Waals surface area contributed by atoms with Crippen molar-refractivity contribution in [3.8, 4) is 0 Å². The fourth-order valence-electron chi connectivity index (χ4n) is 1.64. The van der Waals surface area contributed by atoms with Crippen LogP contribution in [0.2, 0.25) is 5.02 Å². The summed E-state index contributed by atoms with van der Waals surface area (Å²) in [6.45, 7) is 3.15. The Balaban J connectivity index is 2.27. The number of halogens is 1. The highest BCUT2D eigenvalue weighted by molar-refractivity contribution is 6.30. The molecule has 1 aromatic heterocycles. The molecule has 0 aromatic carbocycles. The second-order valence-corrected chi connectivity index (χ2v) is 3.95. The number of hydrogen-bond donors (Lipinski definition) is 2. The molecule has 0 amide bonds. The van der Waals surface area contributed by atoms with E-state index in [-0.39, 0.29) is 0 Å². The zero-order chi connectivity index (χ0) is 9.97. The zero-order valence-corrected chi connectivity index (χ0v) is 8.93. The van der Waals surface area contributed by atoms with Crippen molar-refractivity contribution in [1.82, 2.24) is 4.98 Å². The minimum Gasteiger partial charge on any atom is -0.382 e. The Kier molecular flexibility index (Phi) is 2.77. The van der Waals surface area contributed by atoms with Crippen LogP contribution in [0.25, 0.3) is 0 Å². The second kappa shape index (κ2) is 4.05. The van der Waals surface area contributed by atoms with Gasteiger partial charge in [0.05, 0.1) is 10.7 Å². The maximum absolute atomic E-state index is 5.87. The van der Waals surface area contributed by atoms with Gasteiger partial charge in [0.1, 0.15) is 5.82 Å². The lowest BCUT2D eigenvalue weighted by Gasteiger charge is -2.13. The molecule has 1 unspecified atom stereocenters. The molecule has 0 fully saturated rings. The summed E-state index contributed by atoms with van der Waals surface area (Å²) in [5.41, 5.74) is 1.01. The third-order valence-electron chi connectivity index (χ3n) is 2.50. The van der Waals surface area contributed by atoms with Crippen molar-refractivity contribution in [2.45, 2.75) is 25.8 Å². The molecule has 2 rings (SSSR count). The smallest absolute Gasteiger partial charge is 0.149 e. The first-order valence-corrected chi connectivity index (χ1v) is 5.33. The van der Waals surface area contributed by atoms with Gasteiger partial charge in [-0.3, -0.25) is 0 Å². The topological polar surface area (TPSA) is 37.0 Å². The van der Waals surface area contributed by atoms with Gasteiger partial charge in [-0.1, -0.05) is 18.5 Å². The van der Waals surface area contributed by atoms with Gasteiger partial charge in [0.25, 0.3) is 0 Å². The van der Waals surface area contributed by atoms with E-state index in [2.05, 4.69) is 22.5 Å². The first-order chi connectivity index (χ1) is 6.79. The molecule has 1 atom stereocenters. The van der Waals surface area contributed by atoms with Gasteiger partial charge in [-0.25, -0.2) is 4.98 Å². The molecule has 0 aliphatic carbocycles. The Labute approximate surface area is 88.9 Å². The Hall–Kier alpha value is -0.960. The molecule has 1 aliphatic heterocycles. The molecular formula is C10H14ClN3. The fraction of sp³-hybridized carbons (Fsp3) is 0.500. The van der Waals surface area contributed by atoms with Gasteiger partial charge >= 0.3 is 0 Å². The van der Waals surface area contributed by atoms with E-state index in [1.165, 1.54) is 0 Å². The van der Waals surface area contributed by atoms with Crippen LogP contribution >= 0.6 is 11.6 Å². The molecule has 14 heavy (non-hydrogen) atoms. The lowest BCUT2D eigenvalue weighted by Crippen LogP contribution is -2.18. The Morgan fingerprint density at radius 1 is 1.64 bits per heavy atom. The van der Waals surface area contributed by atoms with E-state index in [9.17, 15) is 0 Å². The van der Waals surface area contributed by atoms with Crippen LogP contribution < -0.4 is 10.6 Å². The van der Waals surface area contributed by atoms with Gasteiger partial charge in [-0.15, -0.1) is 0 Å². The van der Waals surface area contributed by atoms with Crippen molar-refractivity contribution < 1.29 is 0 Å². The van der Waals surface area contributed by atoms with Crippen LogP contribution in [-0.2, 0) is 0 Å². The van der Waals surface area contributed by atoms with Gasteiger partial charge in [0.2, 0.25) is 0 Å². The summed E-state index contributed by atoms with van der Waals surface area (Å²) in [4.78, 5) is 4.27. The lowest BCUT2D eigenvalue weighted by molar-refractivity contribution is 0.659. The highest BCUT2D eigenvalue weighted by Gasteiger charge is 2.14. The minimum atomic E-state index is 0.512. The van der Waals surface area contributed by atoms with Crippen molar-refractivity contribution >= 4 is 23.1 Å². The highest BCUT2D eigenvalue weighted by atomic mass is 35.5. The molecule has 0 saturated heterocycles. The largest absolute Gasteiger partial charge is 0.382 e. The average molecular weight is 212 g/mol. The Morgan fingerprint density at radius 3 is 3.29 bits per heavy atom. The van der Waals surface area contributed by atoms with Crippen molar-refractivity contribution in [1.29, 1.82) is 0 Å². The van der Waals surface area contributed by atoms with Gasteiger partial charge in [0, 0.05) is 18.8 Å². The molecule has 4 heteroatoms. The summed E-state index contributed by atoms with van der Waals surface area (Å²) in [6, 6.07) is 2.42. The number of anilines is 2. The quantitative estimate of drug-likeness (QED) is 0.750. The van der Waals surface area contributed by atoms with Crippen LogP contribution in [-0.4, -0.2) is 17.6 Å². The third kappa shape index (κ3) is 1.93. The lowest BCUT2D eigenvalue weighted by atomic mass is 10.1. The summed E-state index contributed by atoms with van der Waals surface area (Å²) in [5, 5.41) is 7.40. The van der Waals surface area contributed by atoms with E-state index in [0.717, 1.165) is 30.9 Å². The normalized spacial score (nSPS) is 20.3. The molecular weight excluding hydrogens is 198 g/mol. The third-order valence-corrected chi connectivity index (χ3v) is 2.70. The van der Waals surface area contributed by atoms with Crippen LogP contribution in [0.4, 0.5) is 11.5 Å². The maximum atomic E-state index is 5.87. The van der Waals surface area contributed by atoms with Crippen LogP contribution in [0, 0.1) is 0 Å². The number of fused-ring (bicyclic) bond motifs is 1. The van der Waals surface area contributed by atoms with E-state index in [0.29, 0.717) is 11.1 Å². The summed E-state index contributed by atoms with van der Waals surface area (Å²) < 4.78 is 0. The molecule has 2 N–H and O–H groups in total. The second-order valence-electron chi connectivity index (χ2n) is 3.51. The van der Waals surface area contributed by atoms with E-state index >= 15 is 0 Å². The first kappa shape index (κ1) is 9.59. The molecule has 3 nitrogen and oxygen atoms in total. The van der Waals surface area contributed by atoms with Gasteiger partial charge in [0.15, 0.2) is 0 Å². The first-order valence-electron chi connectivity index (χ1n) is 4.95. The van der Waals surface area contributed by atoms with Gasteiger partial charge in [-0.2, -0.15) is 0 Å². The number of hydrogen-bond acceptors (Lipinski definition) is 3. The van der Waals surface area contributed by atoms with Crippen molar-refractivity contribution in [2.24, 2.45) is 0 Å². The molecule has 0 bridgehead atoms. The van der Waals surface area contributed by atoms with Crippen molar-refractivity contribution in [2.75, 3.05) is 17.2 Å². The van der Waals surface area contributed by atoms with E-state index < -0.39 is 0 Å². The van der Waals surface area contributed by atoms with Crippen molar-refractivity contribution in [3.63, 3.8) is 0 Å². The molecule has 0 saturated carbocycles. The Bertz CT molecular complexity index is 327. The van der Waals surface area contributed by atoms with E-state index in [4.69, 9.17) is 11.6 Å². The van der Waals surface area contributed by atoms with E-state index in [1.807, 2.05) is 6.07 Å².